The predicted octanol–water partition coefficient (Wildman–Crippen LogP) is 3.48. The fourth-order valence-corrected chi connectivity index (χ4v) is 11.9. The van der Waals surface area contributed by atoms with Crippen molar-refractivity contribution < 1.29 is 29.9 Å². The summed E-state index contributed by atoms with van der Waals surface area (Å²) in [5.74, 6) is 4.83. The van der Waals surface area contributed by atoms with Gasteiger partial charge in [0.1, 0.15) is 24.4 Å². The third-order valence-electron chi connectivity index (χ3n) is 13.8. The van der Waals surface area contributed by atoms with E-state index in [2.05, 4.69) is 38.7 Å². The molecule has 0 spiro atoms. The second-order valence-corrected chi connectivity index (χ2v) is 15.6. The quantitative estimate of drug-likeness (QED) is 0.393. The van der Waals surface area contributed by atoms with E-state index in [4.69, 9.17) is 9.47 Å². The van der Waals surface area contributed by atoms with Crippen LogP contribution in [0.5, 0.6) is 0 Å². The molecule has 40 heavy (non-hydrogen) atoms. The van der Waals surface area contributed by atoms with Gasteiger partial charge in [-0.3, -0.25) is 4.90 Å². The molecule has 7 aliphatic rings. The van der Waals surface area contributed by atoms with Gasteiger partial charge in [-0.15, -0.1) is 0 Å². The summed E-state index contributed by atoms with van der Waals surface area (Å²) in [4.78, 5) is 2.98. The summed E-state index contributed by atoms with van der Waals surface area (Å²) < 4.78 is 11.9. The Morgan fingerprint density at radius 3 is 2.55 bits per heavy atom. The molecule has 7 heteroatoms. The number of rotatable bonds is 3. The zero-order valence-corrected chi connectivity index (χ0v) is 25.0. The molecule has 3 saturated heterocycles. The third kappa shape index (κ3) is 4.01. The van der Waals surface area contributed by atoms with Gasteiger partial charge in [-0.05, 0) is 104 Å². The molecule has 0 aromatic heterocycles. The summed E-state index contributed by atoms with van der Waals surface area (Å²) >= 11 is 0. The summed E-state index contributed by atoms with van der Waals surface area (Å²) in [6.07, 6.45) is 7.27. The first-order valence-electron chi connectivity index (χ1n) is 16.5. The van der Waals surface area contributed by atoms with Gasteiger partial charge in [-0.2, -0.15) is 0 Å². The second kappa shape index (κ2) is 10.0. The molecule has 0 amide bonds. The van der Waals surface area contributed by atoms with Crippen LogP contribution in [0.4, 0.5) is 0 Å². The van der Waals surface area contributed by atoms with Crippen LogP contribution in [-0.4, -0.2) is 87.4 Å². The average molecular weight is 560 g/mol. The molecule has 16 atom stereocenters. The number of ether oxygens (including phenoxy) is 2. The van der Waals surface area contributed by atoms with Gasteiger partial charge in [0.25, 0.3) is 0 Å². The van der Waals surface area contributed by atoms with Gasteiger partial charge in [0.05, 0.1) is 12.7 Å². The van der Waals surface area contributed by atoms with Crippen LogP contribution >= 0.6 is 0 Å². The van der Waals surface area contributed by atoms with Crippen molar-refractivity contribution in [3.63, 3.8) is 0 Å². The van der Waals surface area contributed by atoms with E-state index >= 15 is 0 Å². The molecular formula is C33H53NO6. The van der Waals surface area contributed by atoms with Crippen LogP contribution in [0.15, 0.2) is 11.6 Å². The van der Waals surface area contributed by atoms with E-state index < -0.39 is 37.3 Å². The molecule has 3 aliphatic heterocycles. The normalized spacial score (nSPS) is 57.9. The Morgan fingerprint density at radius 1 is 0.975 bits per heavy atom. The first kappa shape index (κ1) is 28.2. The van der Waals surface area contributed by atoms with Crippen LogP contribution in [0.2, 0.25) is 0 Å². The van der Waals surface area contributed by atoms with Crippen molar-refractivity contribution in [1.29, 1.82) is 0 Å². The highest BCUT2D eigenvalue weighted by Gasteiger charge is 2.66. The molecule has 4 aliphatic carbocycles. The smallest absolute Gasteiger partial charge is 0.186 e. The number of hydrogen-bond acceptors (Lipinski definition) is 7. The van der Waals surface area contributed by atoms with E-state index in [0.717, 1.165) is 66.9 Å². The monoisotopic (exact) mass is 559 g/mol. The lowest BCUT2D eigenvalue weighted by atomic mass is 9.47. The van der Waals surface area contributed by atoms with Gasteiger partial charge >= 0.3 is 0 Å². The van der Waals surface area contributed by atoms with E-state index in [-0.39, 0.29) is 11.5 Å². The molecule has 226 valence electrons. The molecule has 0 aromatic rings. The van der Waals surface area contributed by atoms with Gasteiger partial charge in [-0.1, -0.05) is 39.3 Å². The molecule has 3 heterocycles. The number of allylic oxidation sites excluding steroid dienone is 1. The number of hydrogen-bond donors (Lipinski definition) is 4. The van der Waals surface area contributed by atoms with Gasteiger partial charge in [-0.25, -0.2) is 0 Å². The van der Waals surface area contributed by atoms with Crippen LogP contribution in [0, 0.1) is 46.3 Å². The Labute approximate surface area is 240 Å². The molecular weight excluding hydrogens is 506 g/mol. The molecule has 4 N–H and O–H groups in total. The lowest BCUT2D eigenvalue weighted by molar-refractivity contribution is -0.313. The molecule has 3 saturated carbocycles. The SMILES string of the molecule is C[C@H]1CC[C@@H]2[C@@H](C)[C@H]3[C@H](C[C@H]4[C@@H]5CC=C6C[C@@H](O[C@@H]7O[C@H](CO)[C@H](O)[C@H](O)[C@H]7O)CC[C@]6(C)[C@H]5CC[C@]34C)N2C1. The first-order valence-corrected chi connectivity index (χ1v) is 16.5. The predicted molar refractivity (Wildman–Crippen MR) is 151 cm³/mol. The summed E-state index contributed by atoms with van der Waals surface area (Å²) in [6.45, 7) is 11.1. The molecule has 6 fully saturated rings. The number of aliphatic hydroxyl groups excluding tert-OH is 4. The fraction of sp³-hybridized carbons (Fsp3) is 0.939. The minimum absolute atomic E-state index is 0.101. The first-order chi connectivity index (χ1) is 19.1. The van der Waals surface area contributed by atoms with Gasteiger partial charge in [0, 0.05) is 18.6 Å². The van der Waals surface area contributed by atoms with Crippen molar-refractivity contribution in [1.82, 2.24) is 4.90 Å². The standard InChI is InChI=1S/C33H53NO6/c1-17-5-8-24-18(2)27-25(34(24)15-17)14-23-21-7-6-19-13-20(9-11-32(19,3)22(21)10-12-33(23,27)4)39-31-30(38)29(37)28(36)26(16-35)40-31/h6,17-18,20-31,35-38H,5,7-16H2,1-4H3/t17-,18+,20-,21+,22-,23-,24+,25-,26+,27-,28-,29-,30+,31+,32-,33-/m0/s1. The van der Waals surface area contributed by atoms with Crippen molar-refractivity contribution in [2.24, 2.45) is 46.3 Å². The van der Waals surface area contributed by atoms with Crippen molar-refractivity contribution in [2.75, 3.05) is 13.2 Å². The van der Waals surface area contributed by atoms with Crippen molar-refractivity contribution in [3.8, 4) is 0 Å². The van der Waals surface area contributed by atoms with Crippen molar-refractivity contribution >= 4 is 0 Å². The van der Waals surface area contributed by atoms with Gasteiger partial charge in [0.2, 0.25) is 0 Å². The lowest BCUT2D eigenvalue weighted by Crippen LogP contribution is -2.60. The Hall–Kier alpha value is -0.540. The van der Waals surface area contributed by atoms with Crippen LogP contribution in [0.1, 0.15) is 85.5 Å². The van der Waals surface area contributed by atoms with E-state index in [1.165, 1.54) is 50.6 Å². The summed E-state index contributed by atoms with van der Waals surface area (Å²) in [7, 11) is 0. The summed E-state index contributed by atoms with van der Waals surface area (Å²) in [5, 5.41) is 40.4. The zero-order chi connectivity index (χ0) is 28.1. The number of aliphatic hydroxyl groups is 4. The van der Waals surface area contributed by atoms with Crippen molar-refractivity contribution in [2.45, 2.75) is 134 Å². The highest BCUT2D eigenvalue weighted by atomic mass is 16.7. The Morgan fingerprint density at radius 2 is 1.77 bits per heavy atom. The van der Waals surface area contributed by atoms with Crippen LogP contribution < -0.4 is 0 Å². The Bertz CT molecular complexity index is 1000. The Balaban J connectivity index is 1.07. The average Bonchev–Trinajstić information content (AvgIpc) is 3.40. The highest BCUT2D eigenvalue weighted by molar-refractivity contribution is 5.27. The zero-order valence-electron chi connectivity index (χ0n) is 25.0. The van der Waals surface area contributed by atoms with Crippen LogP contribution in [0.3, 0.4) is 0 Å². The van der Waals surface area contributed by atoms with Crippen molar-refractivity contribution in [3.05, 3.63) is 11.6 Å². The maximum absolute atomic E-state index is 10.5. The minimum atomic E-state index is -1.40. The number of nitrogens with zero attached hydrogens (tertiary/aromatic N) is 1. The van der Waals surface area contributed by atoms with Gasteiger partial charge in [0.15, 0.2) is 6.29 Å². The van der Waals surface area contributed by atoms with E-state index in [1.807, 2.05) is 0 Å². The lowest BCUT2D eigenvalue weighted by Gasteiger charge is -2.58. The molecule has 7 rings (SSSR count). The highest BCUT2D eigenvalue weighted by Crippen LogP contribution is 2.70. The molecule has 0 bridgehead atoms. The molecule has 0 radical (unpaired) electrons. The third-order valence-corrected chi connectivity index (χ3v) is 13.8. The maximum atomic E-state index is 10.5. The molecule has 0 unspecified atom stereocenters. The largest absolute Gasteiger partial charge is 0.394 e. The van der Waals surface area contributed by atoms with Crippen LogP contribution in [0.25, 0.3) is 0 Å². The number of fused-ring (bicyclic) bond motifs is 9. The van der Waals surface area contributed by atoms with Crippen LogP contribution in [-0.2, 0) is 9.47 Å². The van der Waals surface area contributed by atoms with Gasteiger partial charge < -0.3 is 29.9 Å². The second-order valence-electron chi connectivity index (χ2n) is 15.6. The number of piperidine rings is 1. The molecule has 7 nitrogen and oxygen atoms in total. The summed E-state index contributed by atoms with van der Waals surface area (Å²) in [6, 6.07) is 1.60. The van der Waals surface area contributed by atoms with E-state index in [9.17, 15) is 20.4 Å². The molecule has 0 aromatic carbocycles. The topological polar surface area (TPSA) is 103 Å². The van der Waals surface area contributed by atoms with E-state index in [0.29, 0.717) is 5.41 Å². The Kier molecular flexibility index (Phi) is 7.06. The maximum Gasteiger partial charge on any atom is 0.186 e. The summed E-state index contributed by atoms with van der Waals surface area (Å²) in [5.41, 5.74) is 2.18. The van der Waals surface area contributed by atoms with E-state index in [1.54, 1.807) is 0 Å². The fourth-order valence-electron chi connectivity index (χ4n) is 11.9. The minimum Gasteiger partial charge on any atom is -0.394 e.